The fourth-order valence-electron chi connectivity index (χ4n) is 3.04. The highest BCUT2D eigenvalue weighted by atomic mass is 35.5. The highest BCUT2D eigenvalue weighted by Gasteiger charge is 2.27. The topological polar surface area (TPSA) is 79.9 Å². The predicted molar refractivity (Wildman–Crippen MR) is 103 cm³/mol. The van der Waals surface area contributed by atoms with Crippen LogP contribution in [0.1, 0.15) is 19.8 Å². The third kappa shape index (κ3) is 6.07. The molecule has 146 valence electrons. The van der Waals surface area contributed by atoms with Crippen LogP contribution >= 0.6 is 12.4 Å². The molecule has 0 unspecified atom stereocenters. The van der Waals surface area contributed by atoms with E-state index in [1.165, 1.54) is 4.90 Å². The summed E-state index contributed by atoms with van der Waals surface area (Å²) in [6, 6.07) is 5.46. The smallest absolute Gasteiger partial charge is 0.243 e. The van der Waals surface area contributed by atoms with Gasteiger partial charge in [0.1, 0.15) is 11.5 Å². The standard InChI is InChI=1S/C18H27N3O4.ClH/c1-12-7-13(5-6-19-12)18(23)21(2)11-17(22)20-14-8-15(24-3)10-16(9-14)25-4;/h8-10,12-13,19H,5-7,11H2,1-4H3,(H,20,22);1H/t12-,13-;/m0./s1. The summed E-state index contributed by atoms with van der Waals surface area (Å²) < 4.78 is 10.4. The Labute approximate surface area is 160 Å². The highest BCUT2D eigenvalue weighted by molar-refractivity contribution is 5.95. The number of halogens is 1. The predicted octanol–water partition coefficient (Wildman–Crippen LogP) is 1.91. The Morgan fingerprint density at radius 1 is 1.23 bits per heavy atom. The van der Waals surface area contributed by atoms with Gasteiger partial charge in [-0.25, -0.2) is 0 Å². The van der Waals surface area contributed by atoms with Crippen molar-refractivity contribution in [2.24, 2.45) is 5.92 Å². The van der Waals surface area contributed by atoms with Gasteiger partial charge in [-0.15, -0.1) is 12.4 Å². The molecule has 2 N–H and O–H groups in total. The second-order valence-corrected chi connectivity index (χ2v) is 6.42. The van der Waals surface area contributed by atoms with Crippen LogP contribution in [0.4, 0.5) is 5.69 Å². The fraction of sp³-hybridized carbons (Fsp3) is 0.556. The molecule has 7 nitrogen and oxygen atoms in total. The van der Waals surface area contributed by atoms with E-state index in [-0.39, 0.29) is 36.7 Å². The molecular weight excluding hydrogens is 358 g/mol. The SMILES string of the molecule is COc1cc(NC(=O)CN(C)C(=O)[C@H]2CCN[C@@H](C)C2)cc(OC)c1.Cl. The molecule has 1 aromatic rings. The summed E-state index contributed by atoms with van der Waals surface area (Å²) in [4.78, 5) is 26.3. The van der Waals surface area contributed by atoms with Gasteiger partial charge in [-0.3, -0.25) is 9.59 Å². The number of carbonyl (C=O) groups is 2. The molecule has 0 aromatic heterocycles. The van der Waals surface area contributed by atoms with Crippen molar-refractivity contribution in [3.8, 4) is 11.5 Å². The molecular formula is C18H28ClN3O4. The fourth-order valence-corrected chi connectivity index (χ4v) is 3.04. The van der Waals surface area contributed by atoms with Crippen LogP contribution in [-0.2, 0) is 9.59 Å². The first kappa shape index (κ1) is 22.1. The number of hydrogen-bond donors (Lipinski definition) is 2. The lowest BCUT2D eigenvalue weighted by molar-refractivity contribution is -0.137. The highest BCUT2D eigenvalue weighted by Crippen LogP contribution is 2.25. The van der Waals surface area contributed by atoms with Gasteiger partial charge < -0.3 is 25.0 Å². The van der Waals surface area contributed by atoms with Crippen LogP contribution in [0, 0.1) is 5.92 Å². The molecule has 26 heavy (non-hydrogen) atoms. The van der Waals surface area contributed by atoms with Crippen LogP contribution in [0.3, 0.4) is 0 Å². The normalized spacial score (nSPS) is 19.1. The molecule has 0 saturated carbocycles. The maximum absolute atomic E-state index is 12.5. The molecule has 0 spiro atoms. The molecule has 2 rings (SSSR count). The molecule has 0 aliphatic carbocycles. The summed E-state index contributed by atoms with van der Waals surface area (Å²) >= 11 is 0. The van der Waals surface area contributed by atoms with E-state index in [1.807, 2.05) is 0 Å². The molecule has 1 aliphatic rings. The lowest BCUT2D eigenvalue weighted by Crippen LogP contribution is -2.44. The van der Waals surface area contributed by atoms with Crippen LogP contribution in [0.15, 0.2) is 18.2 Å². The van der Waals surface area contributed by atoms with Crippen LogP contribution < -0.4 is 20.1 Å². The quantitative estimate of drug-likeness (QED) is 0.782. The zero-order valence-electron chi connectivity index (χ0n) is 15.7. The minimum atomic E-state index is -0.256. The van der Waals surface area contributed by atoms with Crippen molar-refractivity contribution in [3.05, 3.63) is 18.2 Å². The molecule has 2 amide bonds. The van der Waals surface area contributed by atoms with Crippen molar-refractivity contribution in [3.63, 3.8) is 0 Å². The van der Waals surface area contributed by atoms with Gasteiger partial charge >= 0.3 is 0 Å². The van der Waals surface area contributed by atoms with Gasteiger partial charge in [-0.2, -0.15) is 0 Å². The number of benzene rings is 1. The summed E-state index contributed by atoms with van der Waals surface area (Å²) in [5.41, 5.74) is 0.567. The summed E-state index contributed by atoms with van der Waals surface area (Å²) in [6.45, 7) is 2.92. The minimum Gasteiger partial charge on any atom is -0.497 e. The average molecular weight is 386 g/mol. The number of nitrogens with zero attached hydrogens (tertiary/aromatic N) is 1. The van der Waals surface area contributed by atoms with Gasteiger partial charge in [0.05, 0.1) is 20.8 Å². The molecule has 1 aliphatic heterocycles. The number of carbonyl (C=O) groups excluding carboxylic acids is 2. The van der Waals surface area contributed by atoms with Crippen molar-refractivity contribution in [1.29, 1.82) is 0 Å². The number of hydrogen-bond acceptors (Lipinski definition) is 5. The summed E-state index contributed by atoms with van der Waals surface area (Å²) in [7, 11) is 4.76. The van der Waals surface area contributed by atoms with Crippen molar-refractivity contribution in [2.45, 2.75) is 25.8 Å². The second kappa shape index (κ2) is 10.2. The summed E-state index contributed by atoms with van der Waals surface area (Å²) in [5.74, 6) is 0.913. The van der Waals surface area contributed by atoms with E-state index in [0.29, 0.717) is 23.2 Å². The molecule has 8 heteroatoms. The third-order valence-electron chi connectivity index (χ3n) is 4.37. The van der Waals surface area contributed by atoms with E-state index < -0.39 is 0 Å². The minimum absolute atomic E-state index is 0. The number of amides is 2. The molecule has 2 atom stereocenters. The molecule has 0 bridgehead atoms. The van der Waals surface area contributed by atoms with Crippen molar-refractivity contribution in [2.75, 3.05) is 39.7 Å². The van der Waals surface area contributed by atoms with Gasteiger partial charge in [0.15, 0.2) is 0 Å². The van der Waals surface area contributed by atoms with E-state index in [0.717, 1.165) is 19.4 Å². The first-order valence-electron chi connectivity index (χ1n) is 8.44. The number of likely N-dealkylation sites (N-methyl/N-ethyl adjacent to an activating group) is 1. The monoisotopic (exact) mass is 385 g/mol. The summed E-state index contributed by atoms with van der Waals surface area (Å²) in [6.07, 6.45) is 1.61. The first-order chi connectivity index (χ1) is 11.9. The molecule has 1 aromatic carbocycles. The van der Waals surface area contributed by atoms with E-state index in [9.17, 15) is 9.59 Å². The summed E-state index contributed by atoms with van der Waals surface area (Å²) in [5, 5.41) is 6.11. The van der Waals surface area contributed by atoms with E-state index in [2.05, 4.69) is 17.6 Å². The van der Waals surface area contributed by atoms with Crippen LogP contribution in [-0.4, -0.2) is 57.1 Å². The number of rotatable bonds is 6. The van der Waals surface area contributed by atoms with Crippen molar-refractivity contribution >= 4 is 29.9 Å². The molecule has 1 fully saturated rings. The van der Waals surface area contributed by atoms with Gasteiger partial charge in [0, 0.05) is 42.9 Å². The third-order valence-corrected chi connectivity index (χ3v) is 4.37. The molecule has 1 heterocycles. The first-order valence-corrected chi connectivity index (χ1v) is 8.44. The Morgan fingerprint density at radius 2 is 1.85 bits per heavy atom. The maximum Gasteiger partial charge on any atom is 0.243 e. The van der Waals surface area contributed by atoms with Crippen LogP contribution in [0.25, 0.3) is 0 Å². The van der Waals surface area contributed by atoms with Gasteiger partial charge in [-0.05, 0) is 26.3 Å². The number of methoxy groups -OCH3 is 2. The average Bonchev–Trinajstić information content (AvgIpc) is 2.60. The van der Waals surface area contributed by atoms with Crippen LogP contribution in [0.5, 0.6) is 11.5 Å². The van der Waals surface area contributed by atoms with E-state index in [1.54, 1.807) is 39.5 Å². The Morgan fingerprint density at radius 3 is 2.38 bits per heavy atom. The number of anilines is 1. The Bertz CT molecular complexity index is 604. The zero-order chi connectivity index (χ0) is 18.4. The number of ether oxygens (including phenoxy) is 2. The second-order valence-electron chi connectivity index (χ2n) is 6.42. The number of piperidine rings is 1. The molecule has 0 radical (unpaired) electrons. The van der Waals surface area contributed by atoms with Gasteiger partial charge in [0.25, 0.3) is 0 Å². The van der Waals surface area contributed by atoms with Crippen molar-refractivity contribution in [1.82, 2.24) is 10.2 Å². The molecule has 1 saturated heterocycles. The Hall–Kier alpha value is -1.99. The van der Waals surface area contributed by atoms with Gasteiger partial charge in [-0.1, -0.05) is 0 Å². The Balaban J connectivity index is 0.00000338. The van der Waals surface area contributed by atoms with Crippen molar-refractivity contribution < 1.29 is 19.1 Å². The van der Waals surface area contributed by atoms with E-state index >= 15 is 0 Å². The number of nitrogens with one attached hydrogen (secondary N) is 2. The zero-order valence-corrected chi connectivity index (χ0v) is 16.5. The Kier molecular flexibility index (Phi) is 8.68. The lowest BCUT2D eigenvalue weighted by Gasteiger charge is -2.30. The van der Waals surface area contributed by atoms with Crippen LogP contribution in [0.2, 0.25) is 0 Å². The maximum atomic E-state index is 12.5. The largest absolute Gasteiger partial charge is 0.497 e. The van der Waals surface area contributed by atoms with E-state index in [4.69, 9.17) is 9.47 Å². The lowest BCUT2D eigenvalue weighted by atomic mass is 9.92. The van der Waals surface area contributed by atoms with Gasteiger partial charge in [0.2, 0.25) is 11.8 Å².